The summed E-state index contributed by atoms with van der Waals surface area (Å²) in [6, 6.07) is 64.6. The molecule has 0 bridgehead atoms. The van der Waals surface area contributed by atoms with Gasteiger partial charge in [0.05, 0.1) is 11.0 Å². The number of nitrogens with zero attached hydrogens (tertiary/aromatic N) is 5. The lowest BCUT2D eigenvalue weighted by molar-refractivity contribution is 0.623. The zero-order chi connectivity index (χ0) is 37.0. The van der Waals surface area contributed by atoms with Crippen molar-refractivity contribution in [3.63, 3.8) is 0 Å². The number of hydrogen-bond acceptors (Lipinski definition) is 5. The summed E-state index contributed by atoms with van der Waals surface area (Å²) < 4.78 is 8.97. The molecule has 0 aliphatic carbocycles. The summed E-state index contributed by atoms with van der Waals surface area (Å²) in [5.74, 6) is 2.53. The van der Waals surface area contributed by atoms with Crippen LogP contribution >= 0.6 is 0 Å². The van der Waals surface area contributed by atoms with Crippen molar-refractivity contribution in [3.05, 3.63) is 188 Å². The molecule has 0 N–H and O–H groups in total. The molecule has 262 valence electrons. The van der Waals surface area contributed by atoms with Crippen molar-refractivity contribution in [3.8, 4) is 62.4 Å². The van der Waals surface area contributed by atoms with Crippen LogP contribution in [0.4, 0.5) is 0 Å². The van der Waals surface area contributed by atoms with E-state index in [9.17, 15) is 0 Å². The topological polar surface area (TPSA) is 69.6 Å². The highest BCUT2D eigenvalue weighted by molar-refractivity contribution is 6.27. The largest absolute Gasteiger partial charge is 0.435 e. The van der Waals surface area contributed by atoms with Crippen LogP contribution in [0.25, 0.3) is 106 Å². The molecule has 0 amide bonds. The summed E-state index contributed by atoms with van der Waals surface area (Å²) in [6.45, 7) is 0. The lowest BCUT2D eigenvalue weighted by atomic mass is 9.99. The molecular formula is C50H31N5O. The van der Waals surface area contributed by atoms with Crippen LogP contribution in [0.1, 0.15) is 0 Å². The third-order valence-electron chi connectivity index (χ3n) is 10.5. The molecule has 0 atom stereocenters. The molecule has 3 aromatic heterocycles. The van der Waals surface area contributed by atoms with Gasteiger partial charge in [-0.25, -0.2) is 19.9 Å². The first kappa shape index (κ1) is 31.8. The summed E-state index contributed by atoms with van der Waals surface area (Å²) in [6.07, 6.45) is 0. The van der Waals surface area contributed by atoms with E-state index >= 15 is 0 Å². The lowest BCUT2D eigenvalue weighted by Gasteiger charge is -2.10. The maximum atomic E-state index is 6.61. The van der Waals surface area contributed by atoms with E-state index in [-0.39, 0.29) is 0 Å². The number of para-hydroxylation sites is 1. The minimum absolute atomic E-state index is 0.618. The van der Waals surface area contributed by atoms with Crippen molar-refractivity contribution in [2.75, 3.05) is 0 Å². The van der Waals surface area contributed by atoms with Crippen LogP contribution in [0.2, 0.25) is 0 Å². The van der Waals surface area contributed by atoms with Crippen LogP contribution in [-0.4, -0.2) is 24.5 Å². The minimum Gasteiger partial charge on any atom is -0.435 e. The van der Waals surface area contributed by atoms with Crippen molar-refractivity contribution in [2.45, 2.75) is 0 Å². The number of rotatable bonds is 6. The Morgan fingerprint density at radius 1 is 0.375 bits per heavy atom. The van der Waals surface area contributed by atoms with E-state index in [4.69, 9.17) is 24.4 Å². The molecule has 0 spiro atoms. The van der Waals surface area contributed by atoms with E-state index < -0.39 is 0 Å². The van der Waals surface area contributed by atoms with Gasteiger partial charge < -0.3 is 8.98 Å². The lowest BCUT2D eigenvalue weighted by Crippen LogP contribution is -2.00. The Bertz CT molecular complexity index is 3150. The van der Waals surface area contributed by atoms with Gasteiger partial charge in [0.1, 0.15) is 5.52 Å². The van der Waals surface area contributed by atoms with E-state index in [1.807, 2.05) is 91.0 Å². The number of oxazole rings is 1. The van der Waals surface area contributed by atoms with E-state index in [0.29, 0.717) is 23.4 Å². The molecule has 11 rings (SSSR count). The van der Waals surface area contributed by atoms with Gasteiger partial charge in [-0.15, -0.1) is 0 Å². The molecule has 0 radical (unpaired) electrons. The maximum Gasteiger partial charge on any atom is 0.227 e. The second-order valence-electron chi connectivity index (χ2n) is 13.9. The Kier molecular flexibility index (Phi) is 7.38. The summed E-state index contributed by atoms with van der Waals surface area (Å²) in [7, 11) is 0. The monoisotopic (exact) mass is 717 g/mol. The van der Waals surface area contributed by atoms with Crippen molar-refractivity contribution in [1.82, 2.24) is 24.5 Å². The number of hydrogen-bond donors (Lipinski definition) is 0. The molecule has 6 nitrogen and oxygen atoms in total. The fraction of sp³-hybridized carbons (Fsp3) is 0. The molecule has 6 heteroatoms. The maximum absolute atomic E-state index is 6.61. The SMILES string of the molecule is c1ccc(-c2nc(-c3ccccc3)nc(-c3ccc(-c4ccc5c6c7c(ccc8nc(-c9ccccc9)oc87)ccc6n(-c6ccccc6)c5c4)cc3)n2)cc1. The van der Waals surface area contributed by atoms with Crippen LogP contribution in [0, 0.1) is 0 Å². The molecule has 11 aromatic rings. The van der Waals surface area contributed by atoms with Crippen LogP contribution in [0.3, 0.4) is 0 Å². The standard InChI is InChI=1S/C50H31N5O/c1-5-13-34(14-6-1)47-52-48(35-15-7-2-8-16-35)54-49(53-47)36-23-21-32(22-24-36)38-25-28-40-43(31-38)55(39-19-11-4-12-20-39)42-30-27-33-26-29-41-46(44(33)45(40)42)56-50(51-41)37-17-9-3-10-18-37/h1-31H. The first-order chi connectivity index (χ1) is 27.7. The van der Waals surface area contributed by atoms with Gasteiger partial charge in [0, 0.05) is 44.1 Å². The quantitative estimate of drug-likeness (QED) is 0.171. The minimum atomic E-state index is 0.618. The third kappa shape index (κ3) is 5.35. The highest BCUT2D eigenvalue weighted by Crippen LogP contribution is 2.42. The average Bonchev–Trinajstić information content (AvgIpc) is 3.87. The van der Waals surface area contributed by atoms with Gasteiger partial charge in [0.2, 0.25) is 5.89 Å². The summed E-state index contributed by atoms with van der Waals surface area (Å²) in [5.41, 5.74) is 10.9. The first-order valence-electron chi connectivity index (χ1n) is 18.6. The number of aromatic nitrogens is 5. The van der Waals surface area contributed by atoms with Gasteiger partial charge in [-0.1, -0.05) is 146 Å². The Balaban J connectivity index is 1.06. The second kappa shape index (κ2) is 13.0. The van der Waals surface area contributed by atoms with E-state index in [1.54, 1.807) is 0 Å². The Morgan fingerprint density at radius 3 is 1.52 bits per heavy atom. The van der Waals surface area contributed by atoms with Gasteiger partial charge in [0.15, 0.2) is 23.1 Å². The first-order valence-corrected chi connectivity index (χ1v) is 18.6. The number of benzene rings is 8. The molecule has 0 fully saturated rings. The molecule has 56 heavy (non-hydrogen) atoms. The van der Waals surface area contributed by atoms with Crippen LogP contribution in [-0.2, 0) is 0 Å². The normalized spacial score (nSPS) is 11.6. The molecule has 8 aromatic carbocycles. The van der Waals surface area contributed by atoms with Crippen LogP contribution in [0.15, 0.2) is 192 Å². The van der Waals surface area contributed by atoms with Crippen molar-refractivity contribution in [1.29, 1.82) is 0 Å². The van der Waals surface area contributed by atoms with E-state index in [0.717, 1.165) is 82.7 Å². The molecule has 0 saturated heterocycles. The van der Waals surface area contributed by atoms with Gasteiger partial charge in [-0.2, -0.15) is 0 Å². The zero-order valence-corrected chi connectivity index (χ0v) is 30.0. The fourth-order valence-electron chi connectivity index (χ4n) is 7.79. The predicted molar refractivity (Wildman–Crippen MR) is 226 cm³/mol. The van der Waals surface area contributed by atoms with Crippen LogP contribution in [0.5, 0.6) is 0 Å². The second-order valence-corrected chi connectivity index (χ2v) is 13.9. The highest BCUT2D eigenvalue weighted by Gasteiger charge is 2.20. The highest BCUT2D eigenvalue weighted by atomic mass is 16.3. The van der Waals surface area contributed by atoms with Gasteiger partial charge in [0.25, 0.3) is 0 Å². The molecule has 0 aliphatic heterocycles. The molecule has 0 saturated carbocycles. The molecule has 3 heterocycles. The summed E-state index contributed by atoms with van der Waals surface area (Å²) >= 11 is 0. The van der Waals surface area contributed by atoms with Crippen molar-refractivity contribution < 1.29 is 4.42 Å². The Morgan fingerprint density at radius 2 is 0.893 bits per heavy atom. The molecule has 0 unspecified atom stereocenters. The zero-order valence-electron chi connectivity index (χ0n) is 30.0. The van der Waals surface area contributed by atoms with Gasteiger partial charge in [-0.05, 0) is 59.0 Å². The third-order valence-corrected chi connectivity index (χ3v) is 10.5. The molecular weight excluding hydrogens is 687 g/mol. The van der Waals surface area contributed by atoms with Gasteiger partial charge in [-0.3, -0.25) is 0 Å². The number of fused-ring (bicyclic) bond motifs is 7. The van der Waals surface area contributed by atoms with Crippen molar-refractivity contribution >= 4 is 43.7 Å². The van der Waals surface area contributed by atoms with E-state index in [1.165, 1.54) is 0 Å². The van der Waals surface area contributed by atoms with Gasteiger partial charge >= 0.3 is 0 Å². The summed E-state index contributed by atoms with van der Waals surface area (Å²) in [5, 5.41) is 4.46. The summed E-state index contributed by atoms with van der Waals surface area (Å²) in [4.78, 5) is 19.7. The van der Waals surface area contributed by atoms with E-state index in [2.05, 4.69) is 102 Å². The Hall–Kier alpha value is -7.70. The predicted octanol–water partition coefficient (Wildman–Crippen LogP) is 12.6. The average molecular weight is 718 g/mol. The van der Waals surface area contributed by atoms with Crippen LogP contribution < -0.4 is 0 Å². The van der Waals surface area contributed by atoms with Crippen molar-refractivity contribution in [2.24, 2.45) is 0 Å². The molecule has 0 aliphatic rings. The Labute approximate surface area is 322 Å². The smallest absolute Gasteiger partial charge is 0.227 e. The fourth-order valence-corrected chi connectivity index (χ4v) is 7.79.